The quantitative estimate of drug-likeness (QED) is 0.247. The summed E-state index contributed by atoms with van der Waals surface area (Å²) in [4.78, 5) is 29.8. The summed E-state index contributed by atoms with van der Waals surface area (Å²) in [5, 5.41) is 4.48. The number of nitrogens with zero attached hydrogens (tertiary/aromatic N) is 5. The van der Waals surface area contributed by atoms with Crippen molar-refractivity contribution in [3.05, 3.63) is 115 Å². The average Bonchev–Trinajstić information content (AvgIpc) is 3.62. The Kier molecular flexibility index (Phi) is 5.84. The van der Waals surface area contributed by atoms with Crippen LogP contribution >= 0.6 is 0 Å². The summed E-state index contributed by atoms with van der Waals surface area (Å²) in [6, 6.07) is 20.5. The molecule has 7 rings (SSSR count). The Morgan fingerprint density at radius 2 is 1.56 bits per heavy atom. The van der Waals surface area contributed by atoms with Crippen LogP contribution in [0.25, 0.3) is 55.8 Å². The number of H-pyrrole nitrogens is 2. The highest BCUT2D eigenvalue weighted by molar-refractivity contribution is 5.97. The van der Waals surface area contributed by atoms with E-state index in [2.05, 4.69) is 66.6 Å². The molecular formula is C31H24N8. The molecule has 0 atom stereocenters. The van der Waals surface area contributed by atoms with E-state index < -0.39 is 0 Å². The molecular weight excluding hydrogens is 484 g/mol. The van der Waals surface area contributed by atoms with E-state index in [-0.39, 0.29) is 0 Å². The number of hydrogen-bond acceptors (Lipinski definition) is 6. The van der Waals surface area contributed by atoms with Gasteiger partial charge in [0.2, 0.25) is 0 Å². The van der Waals surface area contributed by atoms with Crippen LogP contribution in [0.3, 0.4) is 0 Å². The Morgan fingerprint density at radius 3 is 2.46 bits per heavy atom. The fraction of sp³-hybridized carbons (Fsp3) is 0.0645. The molecule has 6 aromatic heterocycles. The second-order valence-electron chi connectivity index (χ2n) is 9.38. The zero-order valence-corrected chi connectivity index (χ0v) is 21.0. The smallest absolute Gasteiger partial charge is 0.140 e. The van der Waals surface area contributed by atoms with E-state index in [4.69, 9.17) is 9.97 Å². The third-order valence-corrected chi connectivity index (χ3v) is 6.75. The fourth-order valence-corrected chi connectivity index (χ4v) is 4.82. The maximum absolute atomic E-state index is 4.95. The number of hydrogen-bond donors (Lipinski definition) is 3. The van der Waals surface area contributed by atoms with Crippen molar-refractivity contribution in [3.8, 4) is 33.8 Å². The summed E-state index contributed by atoms with van der Waals surface area (Å²) in [5.74, 6) is 0.748. The normalized spacial score (nSPS) is 11.4. The zero-order chi connectivity index (χ0) is 26.0. The number of nitrogens with one attached hydrogen (secondary N) is 3. The molecule has 0 aliphatic rings. The van der Waals surface area contributed by atoms with Crippen molar-refractivity contribution in [2.24, 2.45) is 0 Å². The first-order valence-corrected chi connectivity index (χ1v) is 12.7. The van der Waals surface area contributed by atoms with Crippen LogP contribution in [-0.4, -0.2) is 34.9 Å². The highest BCUT2D eigenvalue weighted by Crippen LogP contribution is 2.32. The third kappa shape index (κ3) is 4.54. The Balaban J connectivity index is 1.20. The SMILES string of the molecule is c1ccc(CNCc2cncc(-c3cnc4[nH]cc(-c5nc6c(-c7ccccn7)cncc6[nH]5)c4c3)c2)cc1. The molecule has 0 aliphatic heterocycles. The minimum Gasteiger partial charge on any atom is -0.345 e. The maximum atomic E-state index is 4.95. The van der Waals surface area contributed by atoms with Gasteiger partial charge in [0.1, 0.15) is 17.0 Å². The molecule has 0 aliphatic carbocycles. The van der Waals surface area contributed by atoms with Crippen molar-refractivity contribution >= 4 is 22.1 Å². The number of benzene rings is 1. The molecule has 0 unspecified atom stereocenters. The van der Waals surface area contributed by atoms with Crippen molar-refractivity contribution in [2.45, 2.75) is 13.1 Å². The fourth-order valence-electron chi connectivity index (χ4n) is 4.82. The molecule has 1 aromatic carbocycles. The van der Waals surface area contributed by atoms with Crippen LogP contribution in [0.15, 0.2) is 104 Å². The molecule has 6 heterocycles. The van der Waals surface area contributed by atoms with Crippen molar-refractivity contribution in [2.75, 3.05) is 0 Å². The van der Waals surface area contributed by atoms with Crippen LogP contribution in [0, 0.1) is 0 Å². The zero-order valence-electron chi connectivity index (χ0n) is 21.0. The summed E-state index contributed by atoms with van der Waals surface area (Å²) in [5.41, 5.74) is 9.52. The van der Waals surface area contributed by atoms with Crippen molar-refractivity contribution in [3.63, 3.8) is 0 Å². The molecule has 0 radical (unpaired) electrons. The molecule has 0 saturated heterocycles. The highest BCUT2D eigenvalue weighted by Gasteiger charge is 2.16. The molecule has 0 spiro atoms. The van der Waals surface area contributed by atoms with Crippen LogP contribution in [0.1, 0.15) is 11.1 Å². The van der Waals surface area contributed by atoms with E-state index in [1.54, 1.807) is 18.6 Å². The molecule has 0 bridgehead atoms. The Bertz CT molecular complexity index is 1890. The van der Waals surface area contributed by atoms with Crippen LogP contribution in [0.4, 0.5) is 0 Å². The van der Waals surface area contributed by atoms with Gasteiger partial charge in [-0.1, -0.05) is 36.4 Å². The van der Waals surface area contributed by atoms with Crippen LogP contribution in [0.5, 0.6) is 0 Å². The molecule has 0 amide bonds. The number of fused-ring (bicyclic) bond motifs is 2. The third-order valence-electron chi connectivity index (χ3n) is 6.75. The summed E-state index contributed by atoms with van der Waals surface area (Å²) < 4.78 is 0. The topological polar surface area (TPSA) is 108 Å². The van der Waals surface area contributed by atoms with E-state index in [0.717, 1.165) is 74.5 Å². The van der Waals surface area contributed by atoms with Gasteiger partial charge in [-0.2, -0.15) is 0 Å². The second kappa shape index (κ2) is 9.92. The maximum Gasteiger partial charge on any atom is 0.140 e. The molecule has 8 nitrogen and oxygen atoms in total. The number of rotatable bonds is 7. The van der Waals surface area contributed by atoms with E-state index in [1.165, 1.54) is 5.56 Å². The first kappa shape index (κ1) is 22.9. The Hall–Kier alpha value is -5.21. The standard InChI is InChI=1S/C31H24N8/c1-2-6-20(7-3-1)12-32-13-21-10-22(15-33-14-21)23-11-24-25(18-37-30(24)36-16-23)31-38-28-19-34-17-26(29(28)39-31)27-8-4-5-9-35-27/h1-11,14-19,32H,12-13H2,(H,36,37)(H,38,39). The predicted octanol–water partition coefficient (Wildman–Crippen LogP) is 5.92. The minimum absolute atomic E-state index is 0.729. The van der Waals surface area contributed by atoms with Crippen molar-refractivity contribution in [1.82, 2.24) is 40.2 Å². The van der Waals surface area contributed by atoms with E-state index in [1.807, 2.05) is 49.1 Å². The molecule has 0 fully saturated rings. The number of imidazole rings is 1. The second-order valence-corrected chi connectivity index (χ2v) is 9.38. The first-order valence-electron chi connectivity index (χ1n) is 12.7. The van der Waals surface area contributed by atoms with Crippen LogP contribution in [-0.2, 0) is 13.1 Å². The van der Waals surface area contributed by atoms with Gasteiger partial charge in [-0.15, -0.1) is 0 Å². The van der Waals surface area contributed by atoms with Gasteiger partial charge in [-0.05, 0) is 35.4 Å². The van der Waals surface area contributed by atoms with Crippen LogP contribution in [0.2, 0.25) is 0 Å². The average molecular weight is 509 g/mol. The summed E-state index contributed by atoms with van der Waals surface area (Å²) in [6.45, 7) is 1.53. The largest absolute Gasteiger partial charge is 0.345 e. The van der Waals surface area contributed by atoms with Gasteiger partial charge in [-0.25, -0.2) is 9.97 Å². The molecule has 0 saturated carbocycles. The van der Waals surface area contributed by atoms with Crippen molar-refractivity contribution < 1.29 is 0 Å². The van der Waals surface area contributed by atoms with Gasteiger partial charge in [0, 0.05) is 77.9 Å². The van der Waals surface area contributed by atoms with E-state index in [0.29, 0.717) is 0 Å². The van der Waals surface area contributed by atoms with Gasteiger partial charge < -0.3 is 15.3 Å². The lowest BCUT2D eigenvalue weighted by atomic mass is 10.1. The van der Waals surface area contributed by atoms with Gasteiger partial charge in [0.15, 0.2) is 0 Å². The van der Waals surface area contributed by atoms with Crippen molar-refractivity contribution in [1.29, 1.82) is 0 Å². The van der Waals surface area contributed by atoms with Gasteiger partial charge in [-0.3, -0.25) is 15.0 Å². The summed E-state index contributed by atoms with van der Waals surface area (Å²) >= 11 is 0. The Labute approximate surface area is 224 Å². The number of pyridine rings is 4. The lowest BCUT2D eigenvalue weighted by Gasteiger charge is -2.07. The summed E-state index contributed by atoms with van der Waals surface area (Å²) in [6.07, 6.45) is 13.0. The molecule has 7 aromatic rings. The first-order chi connectivity index (χ1) is 19.3. The Morgan fingerprint density at radius 1 is 0.718 bits per heavy atom. The van der Waals surface area contributed by atoms with E-state index in [9.17, 15) is 0 Å². The minimum atomic E-state index is 0.729. The molecule has 3 N–H and O–H groups in total. The molecule has 39 heavy (non-hydrogen) atoms. The highest BCUT2D eigenvalue weighted by atomic mass is 15.0. The van der Waals surface area contributed by atoms with Gasteiger partial charge in [0.05, 0.1) is 17.4 Å². The van der Waals surface area contributed by atoms with Gasteiger partial charge >= 0.3 is 0 Å². The van der Waals surface area contributed by atoms with Gasteiger partial charge in [0.25, 0.3) is 0 Å². The monoisotopic (exact) mass is 508 g/mol. The molecule has 188 valence electrons. The van der Waals surface area contributed by atoms with Crippen LogP contribution < -0.4 is 5.32 Å². The van der Waals surface area contributed by atoms with E-state index >= 15 is 0 Å². The summed E-state index contributed by atoms with van der Waals surface area (Å²) in [7, 11) is 0. The predicted molar refractivity (Wildman–Crippen MR) is 152 cm³/mol. The lowest BCUT2D eigenvalue weighted by molar-refractivity contribution is 0.691. The lowest BCUT2D eigenvalue weighted by Crippen LogP contribution is -2.12. The number of aromatic amines is 2. The molecule has 8 heteroatoms. The number of aromatic nitrogens is 7.